The highest BCUT2D eigenvalue weighted by atomic mass is 19.4. The van der Waals surface area contributed by atoms with Crippen molar-refractivity contribution in [3.63, 3.8) is 0 Å². The van der Waals surface area contributed by atoms with Gasteiger partial charge in [-0.05, 0) is 42.0 Å². The number of amides is 1. The van der Waals surface area contributed by atoms with E-state index in [0.29, 0.717) is 29.9 Å². The predicted molar refractivity (Wildman–Crippen MR) is 132 cm³/mol. The number of hydrogen-bond donors (Lipinski definition) is 0. The summed E-state index contributed by atoms with van der Waals surface area (Å²) in [4.78, 5) is 25.6. The summed E-state index contributed by atoms with van der Waals surface area (Å²) >= 11 is 0. The molecule has 5 rings (SSSR count). The van der Waals surface area contributed by atoms with Gasteiger partial charge in [-0.25, -0.2) is 0 Å². The zero-order valence-electron chi connectivity index (χ0n) is 20.5. The number of aromatic nitrogens is 3. The molecule has 1 amide bonds. The molecule has 0 aliphatic carbocycles. The number of carbonyl (C=O) groups excluding carboxylic acids is 1. The quantitative estimate of drug-likeness (QED) is 0.360. The fourth-order valence-corrected chi connectivity index (χ4v) is 4.18. The van der Waals surface area contributed by atoms with E-state index in [-0.39, 0.29) is 17.6 Å². The Morgan fingerprint density at radius 2 is 1.68 bits per heavy atom. The van der Waals surface area contributed by atoms with Gasteiger partial charge in [0.1, 0.15) is 11.4 Å². The van der Waals surface area contributed by atoms with Crippen LogP contribution in [0, 0.1) is 0 Å². The first-order valence-electron chi connectivity index (χ1n) is 11.9. The minimum absolute atomic E-state index is 0.103. The number of halogens is 3. The van der Waals surface area contributed by atoms with Gasteiger partial charge in [-0.2, -0.15) is 18.2 Å². The Bertz CT molecular complexity index is 1380. The van der Waals surface area contributed by atoms with Crippen LogP contribution in [0.25, 0.3) is 23.0 Å². The second-order valence-corrected chi connectivity index (χ2v) is 8.85. The van der Waals surface area contributed by atoms with E-state index < -0.39 is 11.7 Å². The molecular formula is C27H24F3N5O3. The molecule has 4 aromatic rings. The minimum atomic E-state index is -4.42. The molecule has 2 aromatic heterocycles. The monoisotopic (exact) mass is 523 g/mol. The fourth-order valence-electron chi connectivity index (χ4n) is 4.18. The van der Waals surface area contributed by atoms with Gasteiger partial charge < -0.3 is 14.2 Å². The number of benzene rings is 2. The molecule has 3 heterocycles. The van der Waals surface area contributed by atoms with Crippen molar-refractivity contribution in [2.75, 3.05) is 33.3 Å². The Morgan fingerprint density at radius 1 is 0.974 bits per heavy atom. The molecule has 196 valence electrons. The van der Waals surface area contributed by atoms with Crippen LogP contribution in [0.2, 0.25) is 0 Å². The van der Waals surface area contributed by atoms with Crippen LogP contribution in [0.1, 0.15) is 21.5 Å². The third kappa shape index (κ3) is 5.67. The van der Waals surface area contributed by atoms with E-state index in [1.165, 1.54) is 23.9 Å². The molecule has 0 radical (unpaired) electrons. The molecule has 1 saturated heterocycles. The Kier molecular flexibility index (Phi) is 7.10. The molecule has 1 aliphatic heterocycles. The van der Waals surface area contributed by atoms with E-state index in [2.05, 4.69) is 20.0 Å². The van der Waals surface area contributed by atoms with E-state index in [9.17, 15) is 18.0 Å². The lowest BCUT2D eigenvalue weighted by Gasteiger charge is -2.34. The maximum absolute atomic E-state index is 13.0. The van der Waals surface area contributed by atoms with E-state index in [4.69, 9.17) is 9.26 Å². The molecule has 0 atom stereocenters. The Morgan fingerprint density at radius 3 is 2.29 bits per heavy atom. The summed E-state index contributed by atoms with van der Waals surface area (Å²) in [5.41, 5.74) is 1.61. The number of carbonyl (C=O) groups is 1. The lowest BCUT2D eigenvalue weighted by atomic mass is 10.1. The number of alkyl halides is 3. The molecule has 0 unspecified atom stereocenters. The Balaban J connectivity index is 1.18. The molecular weight excluding hydrogens is 499 g/mol. The number of methoxy groups -OCH3 is 1. The molecule has 8 nitrogen and oxygen atoms in total. The van der Waals surface area contributed by atoms with Crippen LogP contribution in [0.4, 0.5) is 13.2 Å². The lowest BCUT2D eigenvalue weighted by molar-refractivity contribution is -0.137. The van der Waals surface area contributed by atoms with Crippen molar-refractivity contribution in [3.8, 4) is 28.7 Å². The van der Waals surface area contributed by atoms with Gasteiger partial charge in [0.05, 0.1) is 18.2 Å². The standard InChI is InChI=1S/C27H24F3N5O3/c1-37-22-9-2-18(3-10-22)17-34-12-14-35(15-13-34)26(36)20-6-11-23(31-16-20)25-32-24(33-38-25)19-4-7-21(8-5-19)27(28,29)30/h2-11,16H,12-15,17H2,1H3. The first kappa shape index (κ1) is 25.4. The zero-order chi connectivity index (χ0) is 26.7. The number of nitrogens with zero attached hydrogens (tertiary/aromatic N) is 5. The average molecular weight is 524 g/mol. The zero-order valence-corrected chi connectivity index (χ0v) is 20.5. The van der Waals surface area contributed by atoms with Crippen molar-refractivity contribution in [1.29, 1.82) is 0 Å². The normalized spacial score (nSPS) is 14.5. The van der Waals surface area contributed by atoms with Crippen molar-refractivity contribution >= 4 is 5.91 Å². The van der Waals surface area contributed by atoms with Crippen molar-refractivity contribution in [1.82, 2.24) is 24.9 Å². The number of ether oxygens (including phenoxy) is 1. The molecule has 1 fully saturated rings. The van der Waals surface area contributed by atoms with Gasteiger partial charge in [0.25, 0.3) is 11.8 Å². The van der Waals surface area contributed by atoms with Gasteiger partial charge >= 0.3 is 6.18 Å². The summed E-state index contributed by atoms with van der Waals surface area (Å²) in [6.45, 7) is 3.55. The van der Waals surface area contributed by atoms with Crippen LogP contribution >= 0.6 is 0 Å². The van der Waals surface area contributed by atoms with Crippen molar-refractivity contribution in [2.24, 2.45) is 0 Å². The largest absolute Gasteiger partial charge is 0.497 e. The van der Waals surface area contributed by atoms with E-state index in [0.717, 1.165) is 37.5 Å². The minimum Gasteiger partial charge on any atom is -0.497 e. The molecule has 0 N–H and O–H groups in total. The average Bonchev–Trinajstić information content (AvgIpc) is 3.44. The van der Waals surface area contributed by atoms with E-state index >= 15 is 0 Å². The summed E-state index contributed by atoms with van der Waals surface area (Å²) in [6.07, 6.45) is -2.96. The highest BCUT2D eigenvalue weighted by Gasteiger charge is 2.30. The number of hydrogen-bond acceptors (Lipinski definition) is 7. The Hall–Kier alpha value is -4.25. The lowest BCUT2D eigenvalue weighted by Crippen LogP contribution is -2.48. The molecule has 0 saturated carbocycles. The van der Waals surface area contributed by atoms with Crippen LogP contribution in [0.15, 0.2) is 71.4 Å². The van der Waals surface area contributed by atoms with Gasteiger partial charge in [0, 0.05) is 44.5 Å². The van der Waals surface area contributed by atoms with Crippen molar-refractivity contribution in [3.05, 3.63) is 83.6 Å². The van der Waals surface area contributed by atoms with Gasteiger partial charge in [-0.1, -0.05) is 29.4 Å². The summed E-state index contributed by atoms with van der Waals surface area (Å²) in [6, 6.07) is 15.7. The molecule has 0 bridgehead atoms. The van der Waals surface area contributed by atoms with Crippen molar-refractivity contribution < 1.29 is 27.2 Å². The van der Waals surface area contributed by atoms with Gasteiger partial charge in [-0.3, -0.25) is 14.7 Å². The maximum Gasteiger partial charge on any atom is 0.416 e. The smallest absolute Gasteiger partial charge is 0.416 e. The molecule has 38 heavy (non-hydrogen) atoms. The third-order valence-electron chi connectivity index (χ3n) is 6.35. The SMILES string of the molecule is COc1ccc(CN2CCN(C(=O)c3ccc(-c4nc(-c5ccc(C(F)(F)F)cc5)no4)nc3)CC2)cc1. The molecule has 11 heteroatoms. The number of piperazine rings is 1. The molecule has 1 aliphatic rings. The first-order chi connectivity index (χ1) is 18.3. The Labute approximate surface area is 216 Å². The third-order valence-corrected chi connectivity index (χ3v) is 6.35. The number of rotatable bonds is 6. The summed E-state index contributed by atoms with van der Waals surface area (Å²) < 4.78 is 48.8. The van der Waals surface area contributed by atoms with Gasteiger partial charge in [-0.15, -0.1) is 0 Å². The predicted octanol–water partition coefficient (Wildman–Crippen LogP) is 4.78. The second kappa shape index (κ2) is 10.6. The summed E-state index contributed by atoms with van der Waals surface area (Å²) in [5, 5.41) is 3.84. The van der Waals surface area contributed by atoms with Crippen LogP contribution in [-0.4, -0.2) is 64.1 Å². The van der Waals surface area contributed by atoms with Crippen LogP contribution in [-0.2, 0) is 12.7 Å². The molecule has 2 aromatic carbocycles. The summed E-state index contributed by atoms with van der Waals surface area (Å²) in [7, 11) is 1.64. The van der Waals surface area contributed by atoms with Gasteiger partial charge in [0.15, 0.2) is 0 Å². The van der Waals surface area contributed by atoms with Crippen LogP contribution in [0.3, 0.4) is 0 Å². The maximum atomic E-state index is 13.0. The fraction of sp³-hybridized carbons (Fsp3) is 0.259. The van der Waals surface area contributed by atoms with Crippen LogP contribution < -0.4 is 4.74 Å². The molecule has 0 spiro atoms. The van der Waals surface area contributed by atoms with E-state index in [1.807, 2.05) is 24.3 Å². The van der Waals surface area contributed by atoms with Crippen LogP contribution in [0.5, 0.6) is 5.75 Å². The topological polar surface area (TPSA) is 84.6 Å². The first-order valence-corrected chi connectivity index (χ1v) is 11.9. The highest BCUT2D eigenvalue weighted by molar-refractivity contribution is 5.94. The second-order valence-electron chi connectivity index (χ2n) is 8.85. The number of pyridine rings is 1. The highest BCUT2D eigenvalue weighted by Crippen LogP contribution is 2.31. The summed E-state index contributed by atoms with van der Waals surface area (Å²) in [5.74, 6) is 0.959. The van der Waals surface area contributed by atoms with E-state index in [1.54, 1.807) is 24.1 Å². The van der Waals surface area contributed by atoms with Crippen molar-refractivity contribution in [2.45, 2.75) is 12.7 Å². The van der Waals surface area contributed by atoms with Gasteiger partial charge in [0.2, 0.25) is 5.82 Å².